The van der Waals surface area contributed by atoms with E-state index in [0.717, 1.165) is 28.3 Å². The number of hydrogen-bond acceptors (Lipinski definition) is 4. The van der Waals surface area contributed by atoms with Gasteiger partial charge in [0, 0.05) is 17.3 Å². The fraction of sp³-hybridized carbons (Fsp3) is 0.150. The normalized spacial score (nSPS) is 11.1. The average Bonchev–Trinajstić information content (AvgIpc) is 3.06. The van der Waals surface area contributed by atoms with Crippen LogP contribution in [0.15, 0.2) is 65.9 Å². The van der Waals surface area contributed by atoms with Crippen LogP contribution in [-0.4, -0.2) is 28.1 Å². The Hall–Kier alpha value is -3.61. The molecule has 27 heavy (non-hydrogen) atoms. The van der Waals surface area contributed by atoms with Crippen molar-refractivity contribution in [3.05, 3.63) is 66.4 Å². The van der Waals surface area contributed by atoms with Crippen LogP contribution in [0, 0.1) is 0 Å². The molecule has 0 aliphatic carbocycles. The molecule has 0 unspecified atom stereocenters. The standard InChI is InChI=1S/C20H21N5O2/c1-14(2)27-18-10-8-15(9-11-18)19-16(12-22-23-20(21)26)13-25(24-19)17-6-4-3-5-7-17/h3-14H,1-2H3,(H3,21,23,26)/b22-12-. The van der Waals surface area contributed by atoms with Crippen molar-refractivity contribution in [3.8, 4) is 22.7 Å². The van der Waals surface area contributed by atoms with Crippen LogP contribution in [0.25, 0.3) is 16.9 Å². The summed E-state index contributed by atoms with van der Waals surface area (Å²) in [5.74, 6) is 0.793. The van der Waals surface area contributed by atoms with Crippen LogP contribution in [0.5, 0.6) is 5.75 Å². The van der Waals surface area contributed by atoms with Crippen molar-refractivity contribution in [1.29, 1.82) is 0 Å². The molecule has 1 aromatic heterocycles. The first kappa shape index (κ1) is 18.2. The Bertz CT molecular complexity index is 931. The number of carbonyl (C=O) groups excluding carboxylic acids is 1. The first-order chi connectivity index (χ1) is 13.0. The van der Waals surface area contributed by atoms with Crippen LogP contribution in [0.2, 0.25) is 0 Å². The Kier molecular flexibility index (Phi) is 5.51. The minimum Gasteiger partial charge on any atom is -0.491 e. The Morgan fingerprint density at radius 2 is 1.89 bits per heavy atom. The number of nitrogens with two attached hydrogens (primary N) is 1. The molecule has 0 bridgehead atoms. The highest BCUT2D eigenvalue weighted by atomic mass is 16.5. The molecule has 3 aromatic rings. The van der Waals surface area contributed by atoms with E-state index in [4.69, 9.17) is 10.5 Å². The summed E-state index contributed by atoms with van der Waals surface area (Å²) in [5, 5.41) is 8.54. The summed E-state index contributed by atoms with van der Waals surface area (Å²) < 4.78 is 7.45. The lowest BCUT2D eigenvalue weighted by Crippen LogP contribution is -2.24. The molecule has 7 nitrogen and oxygen atoms in total. The molecule has 0 fully saturated rings. The molecule has 3 N–H and O–H groups in total. The number of ether oxygens (including phenoxy) is 1. The van der Waals surface area contributed by atoms with Crippen LogP contribution >= 0.6 is 0 Å². The lowest BCUT2D eigenvalue weighted by Gasteiger charge is -2.09. The number of nitrogens with zero attached hydrogens (tertiary/aromatic N) is 3. The van der Waals surface area contributed by atoms with Crippen LogP contribution in [0.3, 0.4) is 0 Å². The second-order valence-corrected chi connectivity index (χ2v) is 6.14. The monoisotopic (exact) mass is 363 g/mol. The van der Waals surface area contributed by atoms with Crippen LogP contribution in [0.1, 0.15) is 19.4 Å². The van der Waals surface area contributed by atoms with Crippen LogP contribution in [-0.2, 0) is 0 Å². The molecule has 2 amide bonds. The van der Waals surface area contributed by atoms with E-state index in [-0.39, 0.29) is 6.10 Å². The van der Waals surface area contributed by atoms with Crippen molar-refractivity contribution in [3.63, 3.8) is 0 Å². The third kappa shape index (κ3) is 4.72. The summed E-state index contributed by atoms with van der Waals surface area (Å²) in [5.41, 5.74) is 10.6. The van der Waals surface area contributed by atoms with Gasteiger partial charge in [-0.25, -0.2) is 14.9 Å². The summed E-state index contributed by atoms with van der Waals surface area (Å²) in [7, 11) is 0. The fourth-order valence-electron chi connectivity index (χ4n) is 2.55. The third-order valence-electron chi connectivity index (χ3n) is 3.64. The summed E-state index contributed by atoms with van der Waals surface area (Å²) in [6, 6.07) is 16.7. The van der Waals surface area contributed by atoms with E-state index < -0.39 is 6.03 Å². The molecule has 0 radical (unpaired) electrons. The highest BCUT2D eigenvalue weighted by molar-refractivity contribution is 5.89. The number of benzene rings is 2. The van der Waals surface area contributed by atoms with Crippen molar-refractivity contribution < 1.29 is 9.53 Å². The van der Waals surface area contributed by atoms with Crippen molar-refractivity contribution in [2.24, 2.45) is 10.8 Å². The smallest absolute Gasteiger partial charge is 0.332 e. The van der Waals surface area contributed by atoms with Gasteiger partial charge < -0.3 is 10.5 Å². The summed E-state index contributed by atoms with van der Waals surface area (Å²) in [4.78, 5) is 10.9. The second-order valence-electron chi connectivity index (χ2n) is 6.14. The van der Waals surface area contributed by atoms with Gasteiger partial charge in [0.25, 0.3) is 0 Å². The fourth-order valence-corrected chi connectivity index (χ4v) is 2.55. The highest BCUT2D eigenvalue weighted by Crippen LogP contribution is 2.25. The van der Waals surface area contributed by atoms with Gasteiger partial charge in [-0.3, -0.25) is 0 Å². The topological polar surface area (TPSA) is 94.5 Å². The maximum Gasteiger partial charge on any atom is 0.332 e. The Labute approximate surface area is 157 Å². The molecular weight excluding hydrogens is 342 g/mol. The van der Waals surface area contributed by atoms with Gasteiger partial charge in [0.05, 0.1) is 18.0 Å². The van der Waals surface area contributed by atoms with Crippen LogP contribution in [0.4, 0.5) is 4.79 Å². The molecule has 7 heteroatoms. The number of hydrazone groups is 1. The molecule has 0 aliphatic heterocycles. The number of amides is 2. The lowest BCUT2D eigenvalue weighted by molar-refractivity contribution is 0.242. The Morgan fingerprint density at radius 1 is 1.19 bits per heavy atom. The number of para-hydroxylation sites is 1. The van der Waals surface area contributed by atoms with Crippen molar-refractivity contribution in [2.75, 3.05) is 0 Å². The molecule has 0 aliphatic rings. The van der Waals surface area contributed by atoms with E-state index >= 15 is 0 Å². The average molecular weight is 363 g/mol. The number of urea groups is 1. The van der Waals surface area contributed by atoms with Gasteiger partial charge in [-0.1, -0.05) is 18.2 Å². The van der Waals surface area contributed by atoms with Crippen LogP contribution < -0.4 is 15.9 Å². The largest absolute Gasteiger partial charge is 0.491 e. The molecule has 2 aromatic carbocycles. The van der Waals surface area contributed by atoms with E-state index in [1.54, 1.807) is 4.68 Å². The predicted octanol–water partition coefficient (Wildman–Crippen LogP) is 3.33. The van der Waals surface area contributed by atoms with Gasteiger partial charge in [-0.15, -0.1) is 0 Å². The Balaban J connectivity index is 1.97. The third-order valence-corrected chi connectivity index (χ3v) is 3.64. The SMILES string of the molecule is CC(C)Oc1ccc(-c2nn(-c3ccccc3)cc2/C=N\NC(N)=O)cc1. The number of hydrogen-bond donors (Lipinski definition) is 2. The quantitative estimate of drug-likeness (QED) is 0.519. The Morgan fingerprint density at radius 3 is 2.52 bits per heavy atom. The molecule has 0 saturated carbocycles. The summed E-state index contributed by atoms with van der Waals surface area (Å²) >= 11 is 0. The zero-order chi connectivity index (χ0) is 19.2. The number of carbonyl (C=O) groups is 1. The van der Waals surface area contributed by atoms with E-state index in [0.29, 0.717) is 0 Å². The molecule has 1 heterocycles. The number of primary amides is 1. The van der Waals surface area contributed by atoms with Crippen molar-refractivity contribution in [2.45, 2.75) is 20.0 Å². The molecule has 0 spiro atoms. The number of nitrogens with one attached hydrogen (secondary N) is 1. The van der Waals surface area contributed by atoms with Gasteiger partial charge in [0.2, 0.25) is 0 Å². The minimum atomic E-state index is -0.724. The molecule has 0 saturated heterocycles. The minimum absolute atomic E-state index is 0.107. The van der Waals surface area contributed by atoms with Gasteiger partial charge in [0.15, 0.2) is 0 Å². The zero-order valence-electron chi connectivity index (χ0n) is 15.2. The van der Waals surface area contributed by atoms with Gasteiger partial charge >= 0.3 is 6.03 Å². The van der Waals surface area contributed by atoms with Gasteiger partial charge in [0.1, 0.15) is 11.4 Å². The second kappa shape index (κ2) is 8.18. The number of aromatic nitrogens is 2. The first-order valence-electron chi connectivity index (χ1n) is 8.53. The van der Waals surface area contributed by atoms with E-state index in [2.05, 4.69) is 15.6 Å². The van der Waals surface area contributed by atoms with Gasteiger partial charge in [-0.05, 0) is 50.2 Å². The van der Waals surface area contributed by atoms with E-state index in [1.165, 1.54) is 6.21 Å². The molecule has 138 valence electrons. The number of rotatable bonds is 6. The predicted molar refractivity (Wildman–Crippen MR) is 105 cm³/mol. The zero-order valence-corrected chi connectivity index (χ0v) is 15.2. The molecule has 0 atom stereocenters. The molecule has 3 rings (SSSR count). The van der Waals surface area contributed by atoms with Crippen molar-refractivity contribution >= 4 is 12.2 Å². The molecular formula is C20H21N5O2. The maximum atomic E-state index is 10.9. The summed E-state index contributed by atoms with van der Waals surface area (Å²) in [6.07, 6.45) is 3.47. The summed E-state index contributed by atoms with van der Waals surface area (Å²) in [6.45, 7) is 3.96. The van der Waals surface area contributed by atoms with Crippen molar-refractivity contribution in [1.82, 2.24) is 15.2 Å². The van der Waals surface area contributed by atoms with E-state index in [1.807, 2.05) is 74.6 Å². The maximum absolute atomic E-state index is 10.9. The highest BCUT2D eigenvalue weighted by Gasteiger charge is 2.11. The first-order valence-corrected chi connectivity index (χ1v) is 8.53. The lowest BCUT2D eigenvalue weighted by atomic mass is 10.1. The van der Waals surface area contributed by atoms with E-state index in [9.17, 15) is 4.79 Å². The van der Waals surface area contributed by atoms with Gasteiger partial charge in [-0.2, -0.15) is 10.2 Å².